The highest BCUT2D eigenvalue weighted by molar-refractivity contribution is 6.00. The van der Waals surface area contributed by atoms with Crippen LogP contribution in [-0.2, 0) is 0 Å². The number of rotatable bonds is 7. The van der Waals surface area contributed by atoms with Crippen molar-refractivity contribution in [2.45, 2.75) is 13.0 Å². The van der Waals surface area contributed by atoms with Gasteiger partial charge in [0.25, 0.3) is 5.91 Å². The Morgan fingerprint density at radius 3 is 1.64 bits per heavy atom. The molecule has 0 aliphatic carbocycles. The summed E-state index contributed by atoms with van der Waals surface area (Å²) in [5.74, 6) is 0.875. The van der Waals surface area contributed by atoms with Gasteiger partial charge in [-0.2, -0.15) is 0 Å². The summed E-state index contributed by atoms with van der Waals surface area (Å²) in [4.78, 5) is 15.5. The standard InChI is InChI=1S/C24H25NO3/c1-4-25(24(26)22-20(27-2)16-11-17-21(22)28-3)23(18-12-7-5-8-13-18)19-14-9-6-10-15-19/h5-17,23H,4H2,1-3H3. The highest BCUT2D eigenvalue weighted by Crippen LogP contribution is 2.35. The summed E-state index contributed by atoms with van der Waals surface area (Å²) >= 11 is 0. The zero-order valence-electron chi connectivity index (χ0n) is 16.5. The minimum atomic E-state index is -0.213. The van der Waals surface area contributed by atoms with Crippen molar-refractivity contribution in [3.8, 4) is 11.5 Å². The fourth-order valence-electron chi connectivity index (χ4n) is 3.47. The molecule has 3 aromatic rings. The predicted molar refractivity (Wildman–Crippen MR) is 111 cm³/mol. The van der Waals surface area contributed by atoms with Crippen molar-refractivity contribution in [3.05, 3.63) is 95.6 Å². The van der Waals surface area contributed by atoms with Gasteiger partial charge in [-0.3, -0.25) is 4.79 Å². The third-order valence-corrected chi connectivity index (χ3v) is 4.79. The van der Waals surface area contributed by atoms with E-state index in [4.69, 9.17) is 9.47 Å². The third-order valence-electron chi connectivity index (χ3n) is 4.79. The maximum absolute atomic E-state index is 13.7. The first-order valence-corrected chi connectivity index (χ1v) is 9.33. The number of carbonyl (C=O) groups excluding carboxylic acids is 1. The van der Waals surface area contributed by atoms with E-state index in [0.29, 0.717) is 23.6 Å². The number of methoxy groups -OCH3 is 2. The molecule has 1 amide bonds. The molecule has 144 valence electrons. The number of ether oxygens (including phenoxy) is 2. The molecule has 0 radical (unpaired) electrons. The van der Waals surface area contributed by atoms with Crippen LogP contribution in [-0.4, -0.2) is 31.6 Å². The summed E-state index contributed by atoms with van der Waals surface area (Å²) in [5, 5.41) is 0. The second-order valence-corrected chi connectivity index (χ2v) is 6.35. The average Bonchev–Trinajstić information content (AvgIpc) is 2.77. The Morgan fingerprint density at radius 1 is 0.786 bits per heavy atom. The van der Waals surface area contributed by atoms with Crippen LogP contribution in [0.3, 0.4) is 0 Å². The van der Waals surface area contributed by atoms with E-state index in [1.54, 1.807) is 26.4 Å². The lowest BCUT2D eigenvalue weighted by molar-refractivity contribution is 0.0710. The van der Waals surface area contributed by atoms with Gasteiger partial charge in [-0.25, -0.2) is 0 Å². The summed E-state index contributed by atoms with van der Waals surface area (Å²) in [6, 6.07) is 25.3. The number of benzene rings is 3. The summed E-state index contributed by atoms with van der Waals surface area (Å²) < 4.78 is 10.9. The van der Waals surface area contributed by atoms with Crippen LogP contribution in [0.4, 0.5) is 0 Å². The maximum atomic E-state index is 13.7. The van der Waals surface area contributed by atoms with Crippen LogP contribution < -0.4 is 9.47 Å². The molecule has 3 aromatic carbocycles. The first-order chi connectivity index (χ1) is 13.7. The number of hydrogen-bond acceptors (Lipinski definition) is 3. The lowest BCUT2D eigenvalue weighted by Crippen LogP contribution is -2.36. The Labute approximate surface area is 166 Å². The SMILES string of the molecule is CCN(C(=O)c1c(OC)cccc1OC)C(c1ccccc1)c1ccccc1. The molecule has 0 aromatic heterocycles. The smallest absolute Gasteiger partial charge is 0.262 e. The van der Waals surface area contributed by atoms with Crippen LogP contribution in [0, 0.1) is 0 Å². The van der Waals surface area contributed by atoms with Gasteiger partial charge in [-0.1, -0.05) is 66.7 Å². The Hall–Kier alpha value is -3.27. The van der Waals surface area contributed by atoms with Gasteiger partial charge >= 0.3 is 0 Å². The molecular weight excluding hydrogens is 350 g/mol. The Morgan fingerprint density at radius 2 is 1.25 bits per heavy atom. The second kappa shape index (κ2) is 9.09. The van der Waals surface area contributed by atoms with E-state index >= 15 is 0 Å². The zero-order chi connectivity index (χ0) is 19.9. The Kier molecular flexibility index (Phi) is 6.33. The minimum absolute atomic E-state index is 0.130. The van der Waals surface area contributed by atoms with E-state index < -0.39 is 0 Å². The first kappa shape index (κ1) is 19.5. The van der Waals surface area contributed by atoms with Crippen molar-refractivity contribution in [1.82, 2.24) is 4.90 Å². The van der Waals surface area contributed by atoms with E-state index in [9.17, 15) is 4.79 Å². The van der Waals surface area contributed by atoms with Crippen LogP contribution in [0.5, 0.6) is 11.5 Å². The van der Waals surface area contributed by atoms with Crippen LogP contribution in [0.25, 0.3) is 0 Å². The van der Waals surface area contributed by atoms with Crippen molar-refractivity contribution in [1.29, 1.82) is 0 Å². The fourth-order valence-corrected chi connectivity index (χ4v) is 3.47. The van der Waals surface area contributed by atoms with E-state index in [0.717, 1.165) is 11.1 Å². The molecule has 0 unspecified atom stereocenters. The molecule has 0 atom stereocenters. The number of carbonyl (C=O) groups is 1. The summed E-state index contributed by atoms with van der Waals surface area (Å²) in [6.07, 6.45) is 0. The zero-order valence-corrected chi connectivity index (χ0v) is 16.5. The van der Waals surface area contributed by atoms with E-state index in [1.165, 1.54) is 0 Å². The van der Waals surface area contributed by atoms with Crippen molar-refractivity contribution in [3.63, 3.8) is 0 Å². The number of amides is 1. The molecule has 0 aliphatic rings. The van der Waals surface area contributed by atoms with Gasteiger partial charge in [0.05, 0.1) is 20.3 Å². The average molecular weight is 375 g/mol. The highest BCUT2D eigenvalue weighted by Gasteiger charge is 2.30. The van der Waals surface area contributed by atoms with Gasteiger partial charge in [-0.05, 0) is 30.2 Å². The van der Waals surface area contributed by atoms with E-state index in [1.807, 2.05) is 78.6 Å². The lowest BCUT2D eigenvalue weighted by atomic mass is 9.96. The maximum Gasteiger partial charge on any atom is 0.262 e. The quantitative estimate of drug-likeness (QED) is 0.586. The molecule has 0 fully saturated rings. The normalized spacial score (nSPS) is 10.6. The molecule has 0 aliphatic heterocycles. The topological polar surface area (TPSA) is 38.8 Å². The first-order valence-electron chi connectivity index (χ1n) is 9.33. The second-order valence-electron chi connectivity index (χ2n) is 6.35. The molecule has 4 nitrogen and oxygen atoms in total. The molecule has 0 saturated carbocycles. The Bertz CT molecular complexity index is 848. The molecule has 0 spiro atoms. The minimum Gasteiger partial charge on any atom is -0.496 e. The van der Waals surface area contributed by atoms with Crippen LogP contribution >= 0.6 is 0 Å². The molecule has 28 heavy (non-hydrogen) atoms. The summed E-state index contributed by atoms with van der Waals surface area (Å²) in [5.41, 5.74) is 2.54. The van der Waals surface area contributed by atoms with Gasteiger partial charge < -0.3 is 14.4 Å². The van der Waals surface area contributed by atoms with Gasteiger partial charge in [-0.15, -0.1) is 0 Å². The van der Waals surface area contributed by atoms with Crippen LogP contribution in [0.1, 0.15) is 34.5 Å². The largest absolute Gasteiger partial charge is 0.496 e. The fraction of sp³-hybridized carbons (Fsp3) is 0.208. The summed E-state index contributed by atoms with van der Waals surface area (Å²) in [7, 11) is 3.13. The third kappa shape index (κ3) is 3.86. The van der Waals surface area contributed by atoms with E-state index in [-0.39, 0.29) is 11.9 Å². The molecule has 4 heteroatoms. The molecule has 0 saturated heterocycles. The molecule has 0 bridgehead atoms. The predicted octanol–water partition coefficient (Wildman–Crippen LogP) is 4.96. The number of nitrogens with zero attached hydrogens (tertiary/aromatic N) is 1. The van der Waals surface area contributed by atoms with Gasteiger partial charge in [0.15, 0.2) is 0 Å². The van der Waals surface area contributed by atoms with Gasteiger partial charge in [0, 0.05) is 6.54 Å². The lowest BCUT2D eigenvalue weighted by Gasteiger charge is -2.32. The van der Waals surface area contributed by atoms with Crippen molar-refractivity contribution in [2.24, 2.45) is 0 Å². The highest BCUT2D eigenvalue weighted by atomic mass is 16.5. The van der Waals surface area contributed by atoms with E-state index in [2.05, 4.69) is 0 Å². The van der Waals surface area contributed by atoms with Crippen LogP contribution in [0.2, 0.25) is 0 Å². The molecule has 0 heterocycles. The molecule has 3 rings (SSSR count). The van der Waals surface area contributed by atoms with Crippen molar-refractivity contribution >= 4 is 5.91 Å². The van der Waals surface area contributed by atoms with Gasteiger partial charge in [0.1, 0.15) is 17.1 Å². The van der Waals surface area contributed by atoms with Crippen LogP contribution in [0.15, 0.2) is 78.9 Å². The van der Waals surface area contributed by atoms with Gasteiger partial charge in [0.2, 0.25) is 0 Å². The Balaban J connectivity index is 2.13. The monoisotopic (exact) mass is 375 g/mol. The number of hydrogen-bond donors (Lipinski definition) is 0. The van der Waals surface area contributed by atoms with Crippen molar-refractivity contribution in [2.75, 3.05) is 20.8 Å². The van der Waals surface area contributed by atoms with Crippen molar-refractivity contribution < 1.29 is 14.3 Å². The summed E-state index contributed by atoms with van der Waals surface area (Å²) in [6.45, 7) is 2.52. The molecular formula is C24H25NO3. The molecule has 0 N–H and O–H groups in total.